The van der Waals surface area contributed by atoms with Gasteiger partial charge in [0, 0.05) is 37.2 Å². The standard InChI is InChI=1S/2C10H9BrN2.C7H5BrN2.FH.H2O.H3P.H2/c11-8-1-4-10-7(5-8)6-13(12-10)9-2-3-9;11-8-1-4-10-7(5-8)6-12-13(10)9-2-3-9;8-6-1-2-7-5(3-6)4-9-10-7;;;;/h2*1,4-6,9H,2-3H2;1-4H,(H,9,10);1H;1H2;1H3;1H. The van der Waals surface area contributed by atoms with Crippen molar-refractivity contribution in [1.82, 2.24) is 29.8 Å². The molecule has 0 saturated heterocycles. The number of aromatic amines is 1. The van der Waals surface area contributed by atoms with Crippen molar-refractivity contribution in [2.75, 3.05) is 0 Å². The third-order valence-electron chi connectivity index (χ3n) is 6.26. The number of nitrogens with one attached hydrogen (secondary N) is 1. The molecule has 2 aliphatic rings. The summed E-state index contributed by atoms with van der Waals surface area (Å²) in [5.41, 5.74) is 3.42. The normalized spacial score (nSPS) is 13.8. The summed E-state index contributed by atoms with van der Waals surface area (Å²) in [6.45, 7) is 0. The van der Waals surface area contributed by atoms with E-state index in [1.807, 2.05) is 30.5 Å². The lowest BCUT2D eigenvalue weighted by Crippen LogP contribution is -1.94. The molecule has 39 heavy (non-hydrogen) atoms. The molecule has 7 nitrogen and oxygen atoms in total. The largest absolute Gasteiger partial charge is 0.412 e. The Kier molecular flexibility index (Phi) is 10.8. The molecule has 2 aliphatic carbocycles. The molecule has 208 valence electrons. The topological polar surface area (TPSA) is 95.8 Å². The number of aromatic nitrogens is 6. The van der Waals surface area contributed by atoms with Crippen molar-refractivity contribution in [3.63, 3.8) is 0 Å². The average Bonchev–Trinajstić information content (AvgIpc) is 3.77. The van der Waals surface area contributed by atoms with Crippen LogP contribution >= 0.6 is 57.7 Å². The van der Waals surface area contributed by atoms with Crippen molar-refractivity contribution in [3.05, 3.63) is 86.6 Å². The molecule has 0 amide bonds. The fourth-order valence-electron chi connectivity index (χ4n) is 4.09. The minimum absolute atomic E-state index is 0. The number of benzene rings is 3. The van der Waals surface area contributed by atoms with Crippen LogP contribution in [0.5, 0.6) is 0 Å². The lowest BCUT2D eigenvalue weighted by Gasteiger charge is -1.99. The average molecular weight is 745 g/mol. The van der Waals surface area contributed by atoms with E-state index in [0.717, 1.165) is 29.8 Å². The fourth-order valence-corrected chi connectivity index (χ4v) is 5.23. The minimum atomic E-state index is 0. The first kappa shape index (κ1) is 31.4. The van der Waals surface area contributed by atoms with Crippen molar-refractivity contribution < 1.29 is 11.6 Å². The minimum Gasteiger partial charge on any atom is -0.412 e. The molecule has 3 heterocycles. The van der Waals surface area contributed by atoms with Crippen molar-refractivity contribution >= 4 is 90.4 Å². The molecular weight excluding hydrogens is 714 g/mol. The molecule has 2 fully saturated rings. The number of halogens is 4. The second-order valence-corrected chi connectivity index (χ2v) is 11.9. The van der Waals surface area contributed by atoms with E-state index in [4.69, 9.17) is 0 Å². The second-order valence-electron chi connectivity index (χ2n) is 9.17. The van der Waals surface area contributed by atoms with Crippen LogP contribution in [-0.2, 0) is 0 Å². The SMILES string of the molecule is Brc1ccc2[nH]ncc2c1.Brc1ccc2c(cnn2C2CC2)c1.Brc1ccc2nn(C3CC3)cc2c1.F.O.P.[HH]. The van der Waals surface area contributed by atoms with Gasteiger partial charge in [0.15, 0.2) is 0 Å². The Balaban J connectivity index is 0.000000202. The molecule has 1 atom stereocenters. The van der Waals surface area contributed by atoms with Crippen LogP contribution in [0.2, 0.25) is 0 Å². The maximum Gasteiger partial charge on any atom is 0.0924 e. The predicted octanol–water partition coefficient (Wildman–Crippen LogP) is 8.22. The summed E-state index contributed by atoms with van der Waals surface area (Å²) in [5.74, 6) is 0. The van der Waals surface area contributed by atoms with E-state index < -0.39 is 0 Å². The van der Waals surface area contributed by atoms with E-state index in [0.29, 0.717) is 12.1 Å². The van der Waals surface area contributed by atoms with Crippen LogP contribution in [0.25, 0.3) is 32.7 Å². The van der Waals surface area contributed by atoms with Gasteiger partial charge in [0.05, 0.1) is 41.0 Å². The van der Waals surface area contributed by atoms with Gasteiger partial charge in [0.1, 0.15) is 0 Å². The van der Waals surface area contributed by atoms with E-state index in [-0.39, 0.29) is 21.5 Å². The summed E-state index contributed by atoms with van der Waals surface area (Å²) in [6, 6.07) is 19.9. The van der Waals surface area contributed by atoms with E-state index >= 15 is 0 Å². The Bertz CT molecular complexity index is 1680. The van der Waals surface area contributed by atoms with Gasteiger partial charge in [-0.05, 0) is 80.3 Å². The molecule has 3 aromatic heterocycles. The molecule has 0 aliphatic heterocycles. The molecule has 0 radical (unpaired) electrons. The van der Waals surface area contributed by atoms with Crippen LogP contribution in [0.4, 0.5) is 4.70 Å². The molecule has 1 unspecified atom stereocenters. The first-order valence-corrected chi connectivity index (χ1v) is 14.3. The van der Waals surface area contributed by atoms with E-state index in [2.05, 4.69) is 114 Å². The number of hydrogen-bond acceptors (Lipinski definition) is 3. The number of rotatable bonds is 2. The highest BCUT2D eigenvalue weighted by Crippen LogP contribution is 2.37. The molecule has 12 heteroatoms. The highest BCUT2D eigenvalue weighted by Gasteiger charge is 2.25. The Hall–Kier alpha value is -2.17. The summed E-state index contributed by atoms with van der Waals surface area (Å²) in [5, 5.41) is 19.3. The lowest BCUT2D eigenvalue weighted by molar-refractivity contribution is 0.649. The van der Waals surface area contributed by atoms with Gasteiger partial charge in [-0.25, -0.2) is 0 Å². The second kappa shape index (κ2) is 13.5. The zero-order valence-electron chi connectivity index (χ0n) is 20.9. The van der Waals surface area contributed by atoms with E-state index in [1.165, 1.54) is 42.0 Å². The van der Waals surface area contributed by atoms with Gasteiger partial charge in [-0.3, -0.25) is 19.2 Å². The summed E-state index contributed by atoms with van der Waals surface area (Å²) in [7, 11) is 0. The van der Waals surface area contributed by atoms with Crippen LogP contribution in [0.1, 0.15) is 39.2 Å². The fraction of sp³-hybridized carbons (Fsp3) is 0.222. The van der Waals surface area contributed by atoms with Crippen molar-refractivity contribution in [1.29, 1.82) is 0 Å². The monoisotopic (exact) mass is 742 g/mol. The number of nitrogens with zero attached hydrogens (tertiary/aromatic N) is 5. The van der Waals surface area contributed by atoms with Gasteiger partial charge >= 0.3 is 0 Å². The van der Waals surface area contributed by atoms with Crippen LogP contribution < -0.4 is 0 Å². The highest BCUT2D eigenvalue weighted by atomic mass is 79.9. The van der Waals surface area contributed by atoms with Gasteiger partial charge in [-0.1, -0.05) is 47.8 Å². The van der Waals surface area contributed by atoms with Crippen LogP contribution in [0.15, 0.2) is 86.6 Å². The Morgan fingerprint density at radius 2 is 1.38 bits per heavy atom. The first-order chi connectivity index (χ1) is 17.5. The number of fused-ring (bicyclic) bond motifs is 3. The molecular formula is C27H31Br3FN6OP. The van der Waals surface area contributed by atoms with Gasteiger partial charge < -0.3 is 5.48 Å². The zero-order valence-corrected chi connectivity index (χ0v) is 27.1. The lowest BCUT2D eigenvalue weighted by atomic mass is 10.2. The molecule has 2 saturated carbocycles. The van der Waals surface area contributed by atoms with Crippen LogP contribution in [0.3, 0.4) is 0 Å². The summed E-state index contributed by atoms with van der Waals surface area (Å²) < 4.78 is 7.56. The molecule has 8 rings (SSSR count). The molecule has 6 aromatic rings. The predicted molar refractivity (Wildman–Crippen MR) is 175 cm³/mol. The Morgan fingerprint density at radius 1 is 0.769 bits per heavy atom. The summed E-state index contributed by atoms with van der Waals surface area (Å²) in [6.07, 6.45) is 11.0. The molecule has 0 bridgehead atoms. The van der Waals surface area contributed by atoms with Crippen LogP contribution in [0, 0.1) is 0 Å². The summed E-state index contributed by atoms with van der Waals surface area (Å²) in [4.78, 5) is 0. The van der Waals surface area contributed by atoms with Gasteiger partial charge in [-0.2, -0.15) is 25.2 Å². The Labute approximate surface area is 254 Å². The van der Waals surface area contributed by atoms with Gasteiger partial charge in [0.25, 0.3) is 0 Å². The molecule has 3 N–H and O–H groups in total. The van der Waals surface area contributed by atoms with Crippen LogP contribution in [-0.4, -0.2) is 35.2 Å². The van der Waals surface area contributed by atoms with E-state index in [9.17, 15) is 0 Å². The van der Waals surface area contributed by atoms with Gasteiger partial charge in [-0.15, -0.1) is 0 Å². The quantitative estimate of drug-likeness (QED) is 0.181. The first-order valence-electron chi connectivity index (χ1n) is 11.9. The van der Waals surface area contributed by atoms with E-state index in [1.54, 1.807) is 6.20 Å². The maximum atomic E-state index is 4.51. The smallest absolute Gasteiger partial charge is 0.0924 e. The maximum absolute atomic E-state index is 4.51. The Morgan fingerprint density at radius 3 is 2.08 bits per heavy atom. The number of H-pyrrole nitrogens is 1. The van der Waals surface area contributed by atoms with Gasteiger partial charge in [0.2, 0.25) is 0 Å². The third-order valence-corrected chi connectivity index (χ3v) is 7.74. The van der Waals surface area contributed by atoms with Crippen molar-refractivity contribution in [3.8, 4) is 0 Å². The summed E-state index contributed by atoms with van der Waals surface area (Å²) >= 11 is 10.3. The van der Waals surface area contributed by atoms with Crippen molar-refractivity contribution in [2.45, 2.75) is 37.8 Å². The zero-order chi connectivity index (χ0) is 24.6. The number of hydrogen-bond donors (Lipinski definition) is 1. The molecule has 3 aromatic carbocycles. The van der Waals surface area contributed by atoms with Crippen molar-refractivity contribution in [2.24, 2.45) is 0 Å². The third kappa shape index (κ3) is 7.52. The highest BCUT2D eigenvalue weighted by molar-refractivity contribution is 9.11. The molecule has 0 spiro atoms.